The Morgan fingerprint density at radius 2 is 1.86 bits per heavy atom. The van der Waals surface area contributed by atoms with Gasteiger partial charge < -0.3 is 10.1 Å². The van der Waals surface area contributed by atoms with Crippen LogP contribution in [0.15, 0.2) is 42.5 Å². The summed E-state index contributed by atoms with van der Waals surface area (Å²) in [5.74, 6) is 0.667. The zero-order valence-corrected chi connectivity index (χ0v) is 13.1. The molecule has 0 aromatic heterocycles. The summed E-state index contributed by atoms with van der Waals surface area (Å²) in [6, 6.07) is 12.8. The maximum atomic E-state index is 12.3. The van der Waals surface area contributed by atoms with E-state index < -0.39 is 0 Å². The third-order valence-electron chi connectivity index (χ3n) is 3.37. The molecular weight excluding hydrogens is 286 g/mol. The normalized spacial score (nSPS) is 11.8. The van der Waals surface area contributed by atoms with Crippen LogP contribution in [0.5, 0.6) is 5.75 Å². The quantitative estimate of drug-likeness (QED) is 0.921. The number of amides is 1. The maximum absolute atomic E-state index is 12.3. The number of carbonyl (C=O) groups excluding carboxylic acids is 1. The maximum Gasteiger partial charge on any atom is 0.251 e. The summed E-state index contributed by atoms with van der Waals surface area (Å²) in [6.45, 7) is 3.86. The molecule has 0 saturated heterocycles. The van der Waals surface area contributed by atoms with Crippen LogP contribution >= 0.6 is 11.6 Å². The van der Waals surface area contributed by atoms with Gasteiger partial charge in [0.15, 0.2) is 0 Å². The van der Waals surface area contributed by atoms with Crippen molar-refractivity contribution in [3.63, 3.8) is 0 Å². The van der Waals surface area contributed by atoms with Crippen molar-refractivity contribution in [1.82, 2.24) is 5.32 Å². The molecule has 1 atom stereocenters. The van der Waals surface area contributed by atoms with Gasteiger partial charge in [-0.2, -0.15) is 0 Å². The van der Waals surface area contributed by atoms with Crippen molar-refractivity contribution in [2.75, 3.05) is 7.11 Å². The molecule has 2 aromatic rings. The Bertz CT molecular complexity index is 638. The minimum absolute atomic E-state index is 0.0859. The monoisotopic (exact) mass is 303 g/mol. The van der Waals surface area contributed by atoms with E-state index in [0.29, 0.717) is 10.6 Å². The first-order valence-corrected chi connectivity index (χ1v) is 7.10. The first kappa shape index (κ1) is 15.4. The Morgan fingerprint density at radius 3 is 2.43 bits per heavy atom. The van der Waals surface area contributed by atoms with Crippen LogP contribution in [0.1, 0.15) is 34.5 Å². The summed E-state index contributed by atoms with van der Waals surface area (Å²) in [5.41, 5.74) is 2.57. The van der Waals surface area contributed by atoms with Gasteiger partial charge in [-0.1, -0.05) is 23.7 Å². The second kappa shape index (κ2) is 6.64. The van der Waals surface area contributed by atoms with Gasteiger partial charge in [-0.15, -0.1) is 0 Å². The van der Waals surface area contributed by atoms with Crippen molar-refractivity contribution in [1.29, 1.82) is 0 Å². The molecule has 0 radical (unpaired) electrons. The Kier molecular flexibility index (Phi) is 4.86. The predicted octanol–water partition coefficient (Wildman–Crippen LogP) is 4.15. The van der Waals surface area contributed by atoms with Gasteiger partial charge in [0, 0.05) is 10.6 Å². The fourth-order valence-corrected chi connectivity index (χ4v) is 2.26. The highest BCUT2D eigenvalue weighted by atomic mass is 35.5. The van der Waals surface area contributed by atoms with Crippen molar-refractivity contribution in [2.45, 2.75) is 19.9 Å². The minimum Gasteiger partial charge on any atom is -0.496 e. The molecule has 1 N–H and O–H groups in total. The number of rotatable bonds is 4. The van der Waals surface area contributed by atoms with Gasteiger partial charge in [0.1, 0.15) is 5.75 Å². The van der Waals surface area contributed by atoms with E-state index in [1.165, 1.54) is 0 Å². The molecule has 4 heteroatoms. The Labute approximate surface area is 129 Å². The summed E-state index contributed by atoms with van der Waals surface area (Å²) in [6.07, 6.45) is 0. The van der Waals surface area contributed by atoms with E-state index in [4.69, 9.17) is 16.3 Å². The molecule has 3 nitrogen and oxygen atoms in total. The van der Waals surface area contributed by atoms with Crippen molar-refractivity contribution < 1.29 is 9.53 Å². The highest BCUT2D eigenvalue weighted by Crippen LogP contribution is 2.20. The van der Waals surface area contributed by atoms with Crippen molar-refractivity contribution in [3.8, 4) is 5.75 Å². The van der Waals surface area contributed by atoms with E-state index in [-0.39, 0.29) is 11.9 Å². The second-order valence-electron chi connectivity index (χ2n) is 4.93. The molecule has 0 spiro atoms. The van der Waals surface area contributed by atoms with Crippen LogP contribution in [0.4, 0.5) is 0 Å². The molecule has 0 saturated carbocycles. The highest BCUT2D eigenvalue weighted by molar-refractivity contribution is 6.30. The molecule has 0 heterocycles. The smallest absolute Gasteiger partial charge is 0.251 e. The highest BCUT2D eigenvalue weighted by Gasteiger charge is 2.12. The van der Waals surface area contributed by atoms with Crippen LogP contribution < -0.4 is 10.1 Å². The third kappa shape index (κ3) is 3.76. The number of nitrogens with one attached hydrogen (secondary N) is 1. The number of carbonyl (C=O) groups is 1. The molecular formula is C17H18ClNO2. The van der Waals surface area contributed by atoms with Gasteiger partial charge >= 0.3 is 0 Å². The van der Waals surface area contributed by atoms with Crippen LogP contribution in [0.3, 0.4) is 0 Å². The first-order chi connectivity index (χ1) is 10.0. The van der Waals surface area contributed by atoms with Crippen molar-refractivity contribution >= 4 is 17.5 Å². The lowest BCUT2D eigenvalue weighted by molar-refractivity contribution is 0.0940. The lowest BCUT2D eigenvalue weighted by Gasteiger charge is -2.15. The van der Waals surface area contributed by atoms with Gasteiger partial charge in [0.25, 0.3) is 5.91 Å². The second-order valence-corrected chi connectivity index (χ2v) is 5.37. The number of methoxy groups -OCH3 is 1. The molecule has 0 aliphatic carbocycles. The van der Waals surface area contributed by atoms with Gasteiger partial charge in [-0.25, -0.2) is 0 Å². The lowest BCUT2D eigenvalue weighted by Crippen LogP contribution is -2.26. The van der Waals surface area contributed by atoms with E-state index >= 15 is 0 Å². The number of aryl methyl sites for hydroxylation is 1. The summed E-state index contributed by atoms with van der Waals surface area (Å²) >= 11 is 5.86. The van der Waals surface area contributed by atoms with E-state index in [0.717, 1.165) is 16.9 Å². The summed E-state index contributed by atoms with van der Waals surface area (Å²) in [5, 5.41) is 3.66. The third-order valence-corrected chi connectivity index (χ3v) is 3.63. The molecule has 0 aliphatic heterocycles. The van der Waals surface area contributed by atoms with E-state index in [1.54, 1.807) is 19.2 Å². The average molecular weight is 304 g/mol. The number of hydrogen-bond acceptors (Lipinski definition) is 2. The van der Waals surface area contributed by atoms with Gasteiger partial charge in [0.05, 0.1) is 13.2 Å². The summed E-state index contributed by atoms with van der Waals surface area (Å²) < 4.78 is 5.20. The zero-order chi connectivity index (χ0) is 15.4. The molecule has 1 amide bonds. The summed E-state index contributed by atoms with van der Waals surface area (Å²) in [7, 11) is 1.62. The first-order valence-electron chi connectivity index (χ1n) is 6.72. The van der Waals surface area contributed by atoms with Crippen LogP contribution in [0.25, 0.3) is 0 Å². The van der Waals surface area contributed by atoms with Crippen molar-refractivity contribution in [2.24, 2.45) is 0 Å². The van der Waals surface area contributed by atoms with Crippen molar-refractivity contribution in [3.05, 3.63) is 64.2 Å². The van der Waals surface area contributed by atoms with E-state index in [1.807, 2.05) is 44.2 Å². The zero-order valence-electron chi connectivity index (χ0n) is 12.3. The Morgan fingerprint density at radius 1 is 1.19 bits per heavy atom. The molecule has 21 heavy (non-hydrogen) atoms. The predicted molar refractivity (Wildman–Crippen MR) is 85.1 cm³/mol. The Hall–Kier alpha value is -2.00. The average Bonchev–Trinajstić information content (AvgIpc) is 2.47. The Balaban J connectivity index is 2.10. The fourth-order valence-electron chi connectivity index (χ4n) is 2.13. The molecule has 0 aliphatic rings. The number of halogens is 1. The lowest BCUT2D eigenvalue weighted by atomic mass is 10.1. The molecule has 0 bridgehead atoms. The number of ether oxygens (including phenoxy) is 1. The van der Waals surface area contributed by atoms with Crippen LogP contribution in [-0.2, 0) is 0 Å². The topological polar surface area (TPSA) is 38.3 Å². The van der Waals surface area contributed by atoms with Gasteiger partial charge in [-0.3, -0.25) is 4.79 Å². The van der Waals surface area contributed by atoms with Gasteiger partial charge in [0.2, 0.25) is 0 Å². The number of benzene rings is 2. The number of hydrogen-bond donors (Lipinski definition) is 1. The van der Waals surface area contributed by atoms with Gasteiger partial charge in [-0.05, 0) is 55.3 Å². The SMILES string of the molecule is COc1ccc(C(=O)N[C@H](C)c2ccc(Cl)cc2)cc1C. The van der Waals surface area contributed by atoms with E-state index in [2.05, 4.69) is 5.32 Å². The molecule has 0 unspecified atom stereocenters. The largest absolute Gasteiger partial charge is 0.496 e. The molecule has 0 fully saturated rings. The van der Waals surface area contributed by atoms with Crippen LogP contribution in [-0.4, -0.2) is 13.0 Å². The van der Waals surface area contributed by atoms with Crippen LogP contribution in [0.2, 0.25) is 5.02 Å². The minimum atomic E-state index is -0.108. The molecule has 110 valence electrons. The standard InChI is InChI=1S/C17H18ClNO2/c1-11-10-14(6-9-16(11)21-3)17(20)19-12(2)13-4-7-15(18)8-5-13/h4-10,12H,1-3H3,(H,19,20)/t12-/m1/s1. The summed E-state index contributed by atoms with van der Waals surface area (Å²) in [4.78, 5) is 12.3. The molecule has 2 rings (SSSR count). The fraction of sp³-hybridized carbons (Fsp3) is 0.235. The van der Waals surface area contributed by atoms with E-state index in [9.17, 15) is 4.79 Å². The molecule has 2 aromatic carbocycles. The van der Waals surface area contributed by atoms with Crippen LogP contribution in [0, 0.1) is 6.92 Å².